The fourth-order valence-electron chi connectivity index (χ4n) is 3.62. The molecule has 0 aromatic heterocycles. The van der Waals surface area contributed by atoms with Crippen LogP contribution in [0.4, 0.5) is 0 Å². The summed E-state index contributed by atoms with van der Waals surface area (Å²) in [6.07, 6.45) is 0. The summed E-state index contributed by atoms with van der Waals surface area (Å²) < 4.78 is 11.1. The van der Waals surface area contributed by atoms with E-state index in [1.54, 1.807) is 13.8 Å². The van der Waals surface area contributed by atoms with E-state index in [0.717, 1.165) is 0 Å². The van der Waals surface area contributed by atoms with Crippen molar-refractivity contribution < 1.29 is 19.4 Å². The molecule has 1 rings (SSSR count). The standard InChI is InChI=1S/C17H30O4Si/c1-12(2)22(13(3)4,14(5)6)10-9-17(15(18)19)11-20-16(7,8)21-17/h12-14H,11H2,1-8H3,(H,18,19). The normalized spacial score (nSPS) is 24.7. The minimum atomic E-state index is -1.99. The van der Waals surface area contributed by atoms with Gasteiger partial charge in [-0.15, -0.1) is 5.54 Å². The largest absolute Gasteiger partial charge is 0.478 e. The lowest BCUT2D eigenvalue weighted by Crippen LogP contribution is -2.46. The van der Waals surface area contributed by atoms with Gasteiger partial charge in [0.25, 0.3) is 5.60 Å². The van der Waals surface area contributed by atoms with Crippen molar-refractivity contribution >= 4 is 14.0 Å². The topological polar surface area (TPSA) is 55.8 Å². The van der Waals surface area contributed by atoms with Crippen molar-refractivity contribution in [1.82, 2.24) is 0 Å². The zero-order chi connectivity index (χ0) is 17.3. The highest BCUT2D eigenvalue weighted by atomic mass is 28.3. The molecule has 0 aromatic rings. The van der Waals surface area contributed by atoms with E-state index in [1.807, 2.05) is 0 Å². The lowest BCUT2D eigenvalue weighted by Gasteiger charge is -2.38. The predicted octanol–water partition coefficient (Wildman–Crippen LogP) is 3.81. The van der Waals surface area contributed by atoms with Crippen molar-refractivity contribution in [3.63, 3.8) is 0 Å². The second-order valence-corrected chi connectivity index (χ2v) is 13.1. The van der Waals surface area contributed by atoms with Crippen molar-refractivity contribution in [2.45, 2.75) is 83.4 Å². The molecule has 1 fully saturated rings. The lowest BCUT2D eigenvalue weighted by atomic mass is 10.1. The first-order valence-corrected chi connectivity index (χ1v) is 10.2. The third-order valence-electron chi connectivity index (χ3n) is 4.74. The summed E-state index contributed by atoms with van der Waals surface area (Å²) in [4.78, 5) is 11.7. The first-order valence-electron chi connectivity index (χ1n) is 8.01. The average Bonchev–Trinajstić information content (AvgIpc) is 2.65. The van der Waals surface area contributed by atoms with Crippen LogP contribution < -0.4 is 0 Å². The number of hydrogen-bond acceptors (Lipinski definition) is 3. The number of carboxylic acids is 1. The van der Waals surface area contributed by atoms with Gasteiger partial charge >= 0.3 is 5.97 Å². The highest BCUT2D eigenvalue weighted by molar-refractivity contribution is 6.90. The second-order valence-electron chi connectivity index (χ2n) is 7.57. The molecule has 0 spiro atoms. The molecule has 0 aliphatic carbocycles. The summed E-state index contributed by atoms with van der Waals surface area (Å²) in [5, 5.41) is 9.62. The minimum Gasteiger partial charge on any atom is -0.478 e. The van der Waals surface area contributed by atoms with E-state index in [-0.39, 0.29) is 6.61 Å². The third kappa shape index (κ3) is 3.39. The summed E-state index contributed by atoms with van der Waals surface area (Å²) >= 11 is 0. The first kappa shape index (κ1) is 19.2. The molecule has 126 valence electrons. The number of ether oxygens (including phenoxy) is 2. The van der Waals surface area contributed by atoms with Gasteiger partial charge < -0.3 is 14.6 Å². The maximum Gasteiger partial charge on any atom is 0.351 e. The van der Waals surface area contributed by atoms with Gasteiger partial charge in [0, 0.05) is 0 Å². The zero-order valence-electron chi connectivity index (χ0n) is 15.1. The molecular formula is C17H30O4Si. The van der Waals surface area contributed by atoms with E-state index in [2.05, 4.69) is 53.0 Å². The fraction of sp³-hybridized carbons (Fsp3) is 0.824. The Morgan fingerprint density at radius 2 is 1.55 bits per heavy atom. The smallest absolute Gasteiger partial charge is 0.351 e. The number of hydrogen-bond donors (Lipinski definition) is 1. The minimum absolute atomic E-state index is 0.0267. The maximum absolute atomic E-state index is 11.7. The first-order chi connectivity index (χ1) is 9.89. The Kier molecular flexibility index (Phi) is 5.54. The van der Waals surface area contributed by atoms with E-state index in [1.165, 1.54) is 0 Å². The highest BCUT2D eigenvalue weighted by Crippen LogP contribution is 2.41. The van der Waals surface area contributed by atoms with Crippen LogP contribution in [0.3, 0.4) is 0 Å². The van der Waals surface area contributed by atoms with Crippen LogP contribution in [0.1, 0.15) is 55.4 Å². The maximum atomic E-state index is 11.7. The Morgan fingerprint density at radius 3 is 1.82 bits per heavy atom. The van der Waals surface area contributed by atoms with E-state index in [0.29, 0.717) is 16.6 Å². The predicted molar refractivity (Wildman–Crippen MR) is 90.3 cm³/mol. The van der Waals surface area contributed by atoms with Gasteiger partial charge in [-0.25, -0.2) is 4.79 Å². The second kappa shape index (κ2) is 6.35. The van der Waals surface area contributed by atoms with Crippen LogP contribution in [0.5, 0.6) is 0 Å². The van der Waals surface area contributed by atoms with Gasteiger partial charge in [0.2, 0.25) is 0 Å². The summed E-state index contributed by atoms with van der Waals surface area (Å²) in [6.45, 7) is 16.6. The lowest BCUT2D eigenvalue weighted by molar-refractivity contribution is -0.175. The van der Waals surface area contributed by atoms with Crippen molar-refractivity contribution in [2.75, 3.05) is 6.61 Å². The number of rotatable bonds is 4. The number of carbonyl (C=O) groups is 1. The molecule has 1 atom stereocenters. The van der Waals surface area contributed by atoms with Crippen LogP contribution in [0.25, 0.3) is 0 Å². The summed E-state index contributed by atoms with van der Waals surface area (Å²) in [7, 11) is -1.99. The van der Waals surface area contributed by atoms with Crippen LogP contribution in [0.2, 0.25) is 16.6 Å². The van der Waals surface area contributed by atoms with Crippen molar-refractivity contribution in [3.8, 4) is 11.5 Å². The number of carboxylic acid groups (broad SMARTS) is 1. The molecule has 0 amide bonds. The molecule has 1 saturated heterocycles. The van der Waals surface area contributed by atoms with Gasteiger partial charge in [-0.1, -0.05) is 47.5 Å². The van der Waals surface area contributed by atoms with Crippen LogP contribution >= 0.6 is 0 Å². The molecule has 1 aliphatic heterocycles. The van der Waals surface area contributed by atoms with Gasteiger partial charge in [-0.2, -0.15) is 0 Å². The SMILES string of the molecule is CC(C)[Si](C#CC1(C(=O)O)COC(C)(C)O1)(C(C)C)C(C)C. The average molecular weight is 327 g/mol. The quantitative estimate of drug-likeness (QED) is 0.630. The van der Waals surface area contributed by atoms with Gasteiger partial charge in [0.15, 0.2) is 5.79 Å². The van der Waals surface area contributed by atoms with Crippen molar-refractivity contribution in [1.29, 1.82) is 0 Å². The molecule has 1 unspecified atom stereocenters. The van der Waals surface area contributed by atoms with Crippen molar-refractivity contribution in [3.05, 3.63) is 0 Å². The van der Waals surface area contributed by atoms with Gasteiger partial charge in [0.05, 0.1) is 0 Å². The third-order valence-corrected chi connectivity index (χ3v) is 11.0. The molecule has 0 saturated carbocycles. The van der Waals surface area contributed by atoms with Gasteiger partial charge in [-0.3, -0.25) is 0 Å². The Bertz CT molecular complexity index is 463. The summed E-state index contributed by atoms with van der Waals surface area (Å²) in [6, 6.07) is 0. The molecule has 0 bridgehead atoms. The van der Waals surface area contributed by atoms with Crippen LogP contribution in [0, 0.1) is 11.5 Å². The van der Waals surface area contributed by atoms with E-state index in [4.69, 9.17) is 9.47 Å². The van der Waals surface area contributed by atoms with Crippen LogP contribution in [0.15, 0.2) is 0 Å². The molecule has 1 heterocycles. The summed E-state index contributed by atoms with van der Waals surface area (Å²) in [5.74, 6) is 1.02. The molecule has 0 radical (unpaired) electrons. The highest BCUT2D eigenvalue weighted by Gasteiger charge is 2.51. The van der Waals surface area contributed by atoms with Gasteiger partial charge in [0.1, 0.15) is 14.7 Å². The fourth-order valence-corrected chi connectivity index (χ4v) is 8.90. The Balaban J connectivity index is 3.34. The molecule has 22 heavy (non-hydrogen) atoms. The summed E-state index contributed by atoms with van der Waals surface area (Å²) in [5.41, 5.74) is 3.23. The molecule has 0 aromatic carbocycles. The van der Waals surface area contributed by atoms with E-state index in [9.17, 15) is 9.90 Å². The molecular weight excluding hydrogens is 296 g/mol. The van der Waals surface area contributed by atoms with Crippen LogP contribution in [-0.2, 0) is 14.3 Å². The van der Waals surface area contributed by atoms with Crippen LogP contribution in [-0.4, -0.2) is 37.1 Å². The van der Waals surface area contributed by atoms with Crippen molar-refractivity contribution in [2.24, 2.45) is 0 Å². The molecule has 4 nitrogen and oxygen atoms in total. The zero-order valence-corrected chi connectivity index (χ0v) is 16.1. The Morgan fingerprint density at radius 1 is 1.09 bits per heavy atom. The Labute approximate surface area is 135 Å². The van der Waals surface area contributed by atoms with Gasteiger partial charge in [-0.05, 0) is 30.5 Å². The molecule has 1 aliphatic rings. The Hall–Kier alpha value is -0.833. The molecule has 5 heteroatoms. The monoisotopic (exact) mass is 326 g/mol. The van der Waals surface area contributed by atoms with E-state index < -0.39 is 25.4 Å². The molecule has 1 N–H and O–H groups in total. The number of aliphatic carboxylic acids is 1. The van der Waals surface area contributed by atoms with E-state index >= 15 is 0 Å².